The third-order valence-electron chi connectivity index (χ3n) is 5.01. The van der Waals surface area contributed by atoms with Gasteiger partial charge in [-0.15, -0.1) is 0 Å². The number of hydrogen-bond donors (Lipinski definition) is 1. The molecular weight excluding hydrogens is 300 g/mol. The number of carbonyl (C=O) groups excluding carboxylic acids is 1. The summed E-state index contributed by atoms with van der Waals surface area (Å²) in [5, 5.41) is 3.18. The van der Waals surface area contributed by atoms with Crippen molar-refractivity contribution < 1.29 is 13.6 Å². The largest absolute Gasteiger partial charge is 0.352 e. The second-order valence-electron chi connectivity index (χ2n) is 7.26. The molecule has 23 heavy (non-hydrogen) atoms. The van der Waals surface area contributed by atoms with Gasteiger partial charge >= 0.3 is 0 Å². The second kappa shape index (κ2) is 8.92. The Kier molecular flexibility index (Phi) is 7.21. The van der Waals surface area contributed by atoms with Crippen LogP contribution in [-0.2, 0) is 4.79 Å². The summed E-state index contributed by atoms with van der Waals surface area (Å²) in [6, 6.07) is 0.0665. The Labute approximate surface area is 138 Å². The van der Waals surface area contributed by atoms with E-state index in [0.717, 1.165) is 25.9 Å². The SMILES string of the molecule is CC(C)[C@@H](C(=O)NC1CCN(CC(F)F)CC1)N1CCCCC1. The molecule has 4 nitrogen and oxygen atoms in total. The van der Waals surface area contributed by atoms with E-state index in [0.29, 0.717) is 13.1 Å². The molecule has 0 aliphatic carbocycles. The van der Waals surface area contributed by atoms with Gasteiger partial charge in [-0.3, -0.25) is 14.6 Å². The van der Waals surface area contributed by atoms with E-state index in [1.807, 2.05) is 0 Å². The highest BCUT2D eigenvalue weighted by molar-refractivity contribution is 5.82. The number of amides is 1. The van der Waals surface area contributed by atoms with Gasteiger partial charge in [0.1, 0.15) is 0 Å². The second-order valence-corrected chi connectivity index (χ2v) is 7.26. The third-order valence-corrected chi connectivity index (χ3v) is 5.01. The monoisotopic (exact) mass is 331 g/mol. The molecule has 2 aliphatic heterocycles. The van der Waals surface area contributed by atoms with Crippen LogP contribution in [0.2, 0.25) is 0 Å². The molecule has 0 bridgehead atoms. The van der Waals surface area contributed by atoms with Crippen LogP contribution in [0.3, 0.4) is 0 Å². The Morgan fingerprint density at radius 2 is 1.70 bits per heavy atom. The van der Waals surface area contributed by atoms with Crippen molar-refractivity contribution in [3.05, 3.63) is 0 Å². The number of piperidine rings is 2. The first kappa shape index (κ1) is 18.6. The summed E-state index contributed by atoms with van der Waals surface area (Å²) in [4.78, 5) is 16.8. The van der Waals surface area contributed by atoms with Gasteiger partial charge in [-0.25, -0.2) is 8.78 Å². The molecule has 2 heterocycles. The van der Waals surface area contributed by atoms with Crippen LogP contribution in [0, 0.1) is 5.92 Å². The number of alkyl halides is 2. The van der Waals surface area contributed by atoms with Gasteiger partial charge in [0.15, 0.2) is 0 Å². The Hall–Kier alpha value is -0.750. The van der Waals surface area contributed by atoms with Crippen molar-refractivity contribution in [2.45, 2.75) is 64.5 Å². The summed E-state index contributed by atoms with van der Waals surface area (Å²) in [5.41, 5.74) is 0. The van der Waals surface area contributed by atoms with Crippen molar-refractivity contribution in [2.75, 3.05) is 32.7 Å². The Bertz CT molecular complexity index is 365. The number of hydrogen-bond acceptors (Lipinski definition) is 3. The van der Waals surface area contributed by atoms with Gasteiger partial charge in [-0.2, -0.15) is 0 Å². The Morgan fingerprint density at radius 3 is 2.22 bits per heavy atom. The summed E-state index contributed by atoms with van der Waals surface area (Å²) in [6.45, 7) is 7.35. The quantitative estimate of drug-likeness (QED) is 0.811. The molecule has 6 heteroatoms. The fraction of sp³-hybridized carbons (Fsp3) is 0.941. The van der Waals surface area contributed by atoms with E-state index in [1.165, 1.54) is 19.3 Å². The fourth-order valence-corrected chi connectivity index (χ4v) is 3.83. The summed E-state index contributed by atoms with van der Waals surface area (Å²) >= 11 is 0. The molecule has 0 spiro atoms. The van der Waals surface area contributed by atoms with Gasteiger partial charge in [0, 0.05) is 19.1 Å². The van der Waals surface area contributed by atoms with Gasteiger partial charge in [0.2, 0.25) is 5.91 Å². The lowest BCUT2D eigenvalue weighted by Gasteiger charge is -2.38. The van der Waals surface area contributed by atoms with Crippen molar-refractivity contribution in [1.29, 1.82) is 0 Å². The molecule has 1 amide bonds. The van der Waals surface area contributed by atoms with E-state index in [1.54, 1.807) is 4.90 Å². The standard InChI is InChI=1S/C17H31F2N3O/c1-13(2)16(22-8-4-3-5-9-22)17(23)20-14-6-10-21(11-7-14)12-15(18)19/h13-16H,3-12H2,1-2H3,(H,20,23)/t16-/m0/s1. The Balaban J connectivity index is 1.82. The van der Waals surface area contributed by atoms with Crippen LogP contribution < -0.4 is 5.32 Å². The van der Waals surface area contributed by atoms with Crippen LogP contribution in [0.5, 0.6) is 0 Å². The number of carbonyl (C=O) groups is 1. The minimum Gasteiger partial charge on any atom is -0.352 e. The van der Waals surface area contributed by atoms with E-state index < -0.39 is 6.43 Å². The molecule has 0 aromatic carbocycles. The minimum absolute atomic E-state index is 0.0607. The number of halogens is 2. The minimum atomic E-state index is -2.27. The molecule has 0 aromatic rings. The zero-order valence-corrected chi connectivity index (χ0v) is 14.4. The van der Waals surface area contributed by atoms with Crippen LogP contribution in [0.4, 0.5) is 8.78 Å². The predicted octanol–water partition coefficient (Wildman–Crippen LogP) is 2.34. The maximum absolute atomic E-state index is 12.7. The third kappa shape index (κ3) is 5.68. The average molecular weight is 331 g/mol. The summed E-state index contributed by atoms with van der Waals surface area (Å²) in [5.74, 6) is 0.404. The number of likely N-dealkylation sites (tertiary alicyclic amines) is 2. The van der Waals surface area contributed by atoms with Crippen LogP contribution in [0.25, 0.3) is 0 Å². The molecule has 2 aliphatic rings. The van der Waals surface area contributed by atoms with Crippen LogP contribution in [0.15, 0.2) is 0 Å². The first-order chi connectivity index (χ1) is 11.0. The predicted molar refractivity (Wildman–Crippen MR) is 87.7 cm³/mol. The smallest absolute Gasteiger partial charge is 0.251 e. The highest BCUT2D eigenvalue weighted by Gasteiger charge is 2.32. The number of rotatable bonds is 6. The summed E-state index contributed by atoms with van der Waals surface area (Å²) in [7, 11) is 0. The maximum Gasteiger partial charge on any atom is 0.251 e. The topological polar surface area (TPSA) is 35.6 Å². The van der Waals surface area contributed by atoms with E-state index in [9.17, 15) is 13.6 Å². The van der Waals surface area contributed by atoms with Crippen molar-refractivity contribution in [3.63, 3.8) is 0 Å². The van der Waals surface area contributed by atoms with Crippen molar-refractivity contribution in [1.82, 2.24) is 15.1 Å². The molecular formula is C17H31F2N3O. The first-order valence-electron chi connectivity index (χ1n) is 9.02. The molecule has 134 valence electrons. The van der Waals surface area contributed by atoms with Gasteiger partial charge < -0.3 is 5.32 Å². The van der Waals surface area contributed by atoms with Crippen molar-refractivity contribution >= 4 is 5.91 Å². The van der Waals surface area contributed by atoms with Crippen molar-refractivity contribution in [2.24, 2.45) is 5.92 Å². The number of nitrogens with one attached hydrogen (secondary N) is 1. The van der Waals surface area contributed by atoms with E-state index in [4.69, 9.17) is 0 Å². The number of nitrogens with zero attached hydrogens (tertiary/aromatic N) is 2. The lowest BCUT2D eigenvalue weighted by molar-refractivity contribution is -0.129. The zero-order chi connectivity index (χ0) is 16.8. The summed E-state index contributed by atoms with van der Waals surface area (Å²) < 4.78 is 24.8. The average Bonchev–Trinajstić information content (AvgIpc) is 2.49. The molecule has 2 fully saturated rings. The van der Waals surface area contributed by atoms with E-state index in [2.05, 4.69) is 24.1 Å². The lowest BCUT2D eigenvalue weighted by atomic mass is 9.97. The fourth-order valence-electron chi connectivity index (χ4n) is 3.83. The van der Waals surface area contributed by atoms with Crippen molar-refractivity contribution in [3.8, 4) is 0 Å². The van der Waals surface area contributed by atoms with Gasteiger partial charge in [0.25, 0.3) is 6.43 Å². The van der Waals surface area contributed by atoms with E-state index >= 15 is 0 Å². The van der Waals surface area contributed by atoms with Crippen LogP contribution >= 0.6 is 0 Å². The van der Waals surface area contributed by atoms with Gasteiger partial charge in [0.05, 0.1) is 12.6 Å². The molecule has 0 saturated carbocycles. The van der Waals surface area contributed by atoms with Gasteiger partial charge in [-0.05, 0) is 44.7 Å². The first-order valence-corrected chi connectivity index (χ1v) is 9.02. The Morgan fingerprint density at radius 1 is 1.09 bits per heavy atom. The molecule has 1 N–H and O–H groups in total. The normalized spacial score (nSPS) is 23.4. The zero-order valence-electron chi connectivity index (χ0n) is 14.4. The highest BCUT2D eigenvalue weighted by Crippen LogP contribution is 2.19. The van der Waals surface area contributed by atoms with Crippen LogP contribution in [0.1, 0.15) is 46.0 Å². The van der Waals surface area contributed by atoms with Gasteiger partial charge in [-0.1, -0.05) is 20.3 Å². The van der Waals surface area contributed by atoms with Crippen LogP contribution in [-0.4, -0.2) is 66.9 Å². The molecule has 1 atom stereocenters. The lowest BCUT2D eigenvalue weighted by Crippen LogP contribution is -2.55. The summed E-state index contributed by atoms with van der Waals surface area (Å²) in [6.07, 6.45) is 2.86. The molecule has 0 radical (unpaired) electrons. The molecule has 2 saturated heterocycles. The van der Waals surface area contributed by atoms with E-state index in [-0.39, 0.29) is 30.5 Å². The molecule has 0 aromatic heterocycles. The molecule has 0 unspecified atom stereocenters. The maximum atomic E-state index is 12.7. The molecule has 2 rings (SSSR count). The highest BCUT2D eigenvalue weighted by atomic mass is 19.3.